The number of aromatic nitrogens is 2. The summed E-state index contributed by atoms with van der Waals surface area (Å²) in [5, 5.41) is 13.0. The molecule has 1 fully saturated rings. The highest BCUT2D eigenvalue weighted by atomic mass is 19.4. The molecule has 0 saturated carbocycles. The normalized spacial score (nSPS) is 15.5. The van der Waals surface area contributed by atoms with Gasteiger partial charge in [-0.15, -0.1) is 0 Å². The Labute approximate surface area is 193 Å². The second-order valence-electron chi connectivity index (χ2n) is 7.70. The second kappa shape index (κ2) is 10.1. The van der Waals surface area contributed by atoms with Crippen LogP contribution in [-0.4, -0.2) is 81.4 Å². The number of ether oxygens (including phenoxy) is 1. The molecule has 2 aromatic rings. The van der Waals surface area contributed by atoms with E-state index < -0.39 is 42.9 Å². The van der Waals surface area contributed by atoms with Crippen molar-refractivity contribution in [2.24, 2.45) is 0 Å². The van der Waals surface area contributed by atoms with Crippen molar-refractivity contribution in [3.8, 4) is 11.3 Å². The van der Waals surface area contributed by atoms with E-state index >= 15 is 0 Å². The van der Waals surface area contributed by atoms with Crippen molar-refractivity contribution >= 4 is 12.1 Å². The molecule has 3 rings (SSSR count). The van der Waals surface area contributed by atoms with Gasteiger partial charge in [-0.3, -0.25) is 14.4 Å². The van der Waals surface area contributed by atoms with E-state index in [-0.39, 0.29) is 32.7 Å². The van der Waals surface area contributed by atoms with Crippen molar-refractivity contribution in [1.29, 1.82) is 0 Å². The van der Waals surface area contributed by atoms with Gasteiger partial charge in [-0.25, -0.2) is 9.18 Å². The van der Waals surface area contributed by atoms with Crippen LogP contribution in [0.5, 0.6) is 0 Å². The van der Waals surface area contributed by atoms with Gasteiger partial charge in [-0.1, -0.05) is 6.07 Å². The fourth-order valence-electron chi connectivity index (χ4n) is 3.48. The number of hydrogen-bond donors (Lipinski definition) is 1. The number of nitrogens with zero attached hydrogens (tertiary/aromatic N) is 4. The maximum Gasteiger partial charge on any atom is 0.434 e. The first-order valence-corrected chi connectivity index (χ1v) is 10.1. The third-order valence-corrected chi connectivity index (χ3v) is 5.12. The predicted molar refractivity (Wildman–Crippen MR) is 104 cm³/mol. The monoisotopic (exact) mass is 512 g/mol. The third-order valence-electron chi connectivity index (χ3n) is 5.12. The maximum absolute atomic E-state index is 13.9. The van der Waals surface area contributed by atoms with Crippen molar-refractivity contribution in [3.63, 3.8) is 0 Å². The molecule has 0 radical (unpaired) electrons. The molecule has 15 heteroatoms. The van der Waals surface area contributed by atoms with Crippen LogP contribution in [-0.2, 0) is 22.6 Å². The second-order valence-corrected chi connectivity index (χ2v) is 7.70. The van der Waals surface area contributed by atoms with Crippen LogP contribution in [0.3, 0.4) is 0 Å². The Kier molecular flexibility index (Phi) is 7.57. The molecule has 1 saturated heterocycles. The average Bonchev–Trinajstić information content (AvgIpc) is 3.19. The van der Waals surface area contributed by atoms with E-state index in [9.17, 15) is 40.3 Å². The summed E-state index contributed by atoms with van der Waals surface area (Å²) in [7, 11) is 0. The largest absolute Gasteiger partial charge is 0.480 e. The van der Waals surface area contributed by atoms with Gasteiger partial charge in [0, 0.05) is 44.5 Å². The Morgan fingerprint density at radius 1 is 1.03 bits per heavy atom. The first kappa shape index (κ1) is 26.2. The Balaban J connectivity index is 1.65. The Morgan fingerprint density at radius 3 is 2.23 bits per heavy atom. The molecule has 8 nitrogen and oxygen atoms in total. The van der Waals surface area contributed by atoms with Crippen LogP contribution in [0.4, 0.5) is 35.5 Å². The van der Waals surface area contributed by atoms with Gasteiger partial charge in [0.05, 0.1) is 5.69 Å². The molecule has 35 heavy (non-hydrogen) atoms. The van der Waals surface area contributed by atoms with Crippen molar-refractivity contribution in [2.75, 3.05) is 26.2 Å². The van der Waals surface area contributed by atoms with Crippen molar-refractivity contribution < 1.29 is 50.2 Å². The highest BCUT2D eigenvalue weighted by Gasteiger charge is 2.60. The summed E-state index contributed by atoms with van der Waals surface area (Å²) in [6.07, 6.45) is -16.1. The first-order valence-electron chi connectivity index (χ1n) is 10.1. The van der Waals surface area contributed by atoms with Gasteiger partial charge in [0.25, 0.3) is 6.10 Å². The number of hydrogen-bond acceptors (Lipinski definition) is 5. The van der Waals surface area contributed by atoms with Crippen LogP contribution >= 0.6 is 0 Å². The van der Waals surface area contributed by atoms with Crippen molar-refractivity contribution in [3.05, 3.63) is 41.8 Å². The Bertz CT molecular complexity index is 1050. The summed E-state index contributed by atoms with van der Waals surface area (Å²) in [6, 6.07) is 5.41. The number of piperazine rings is 1. The Morgan fingerprint density at radius 2 is 1.66 bits per heavy atom. The topological polar surface area (TPSA) is 87.9 Å². The number of carboxylic acids is 1. The van der Waals surface area contributed by atoms with Crippen molar-refractivity contribution in [1.82, 2.24) is 19.6 Å². The van der Waals surface area contributed by atoms with Gasteiger partial charge in [0.15, 0.2) is 0 Å². The summed E-state index contributed by atoms with van der Waals surface area (Å²) in [5.41, 5.74) is 1.29. The predicted octanol–water partition coefficient (Wildman–Crippen LogP) is 3.52. The van der Waals surface area contributed by atoms with Gasteiger partial charge < -0.3 is 14.7 Å². The number of benzene rings is 1. The van der Waals surface area contributed by atoms with Crippen LogP contribution in [0.2, 0.25) is 0 Å². The van der Waals surface area contributed by atoms with Crippen LogP contribution in [0.15, 0.2) is 30.5 Å². The SMILES string of the molecule is O=C(O)Cn1ccc(-c2cc(F)ccc2CN2CCN(C(=O)OC(C(F)(F)F)C(F)(F)F)CC2)n1. The number of aliphatic carboxylic acids is 1. The molecule has 0 aliphatic carbocycles. The van der Waals surface area contributed by atoms with E-state index in [1.54, 1.807) is 4.90 Å². The summed E-state index contributed by atoms with van der Waals surface area (Å²) in [4.78, 5) is 25.3. The zero-order chi connectivity index (χ0) is 26.0. The van der Waals surface area contributed by atoms with E-state index in [4.69, 9.17) is 5.11 Å². The van der Waals surface area contributed by atoms with Crippen LogP contribution in [0.25, 0.3) is 11.3 Å². The summed E-state index contributed by atoms with van der Waals surface area (Å²) in [6.45, 7) is -0.371. The van der Waals surface area contributed by atoms with Gasteiger partial charge in [0.2, 0.25) is 0 Å². The smallest absolute Gasteiger partial charge is 0.434 e. The maximum atomic E-state index is 13.9. The van der Waals surface area contributed by atoms with E-state index in [1.165, 1.54) is 30.5 Å². The van der Waals surface area contributed by atoms with Crippen molar-refractivity contribution in [2.45, 2.75) is 31.5 Å². The number of carbonyl (C=O) groups excluding carboxylic acids is 1. The molecule has 192 valence electrons. The molecule has 0 atom stereocenters. The van der Waals surface area contributed by atoms with E-state index in [1.807, 2.05) is 0 Å². The molecule has 0 unspecified atom stereocenters. The van der Waals surface area contributed by atoms with Gasteiger partial charge in [-0.2, -0.15) is 31.4 Å². The number of rotatable bonds is 6. The van der Waals surface area contributed by atoms with E-state index in [0.717, 1.165) is 9.58 Å². The third kappa shape index (κ3) is 6.83. The molecule has 1 aromatic carbocycles. The summed E-state index contributed by atoms with van der Waals surface area (Å²) in [5.74, 6) is -1.68. The van der Waals surface area contributed by atoms with Gasteiger partial charge in [-0.05, 0) is 23.8 Å². The molecule has 1 aliphatic rings. The number of carbonyl (C=O) groups is 2. The lowest BCUT2D eigenvalue weighted by Gasteiger charge is -2.35. The zero-order valence-corrected chi connectivity index (χ0v) is 17.8. The molecule has 0 spiro atoms. The molecule has 0 bridgehead atoms. The fraction of sp³-hybridized carbons (Fsp3) is 0.450. The lowest BCUT2D eigenvalue weighted by atomic mass is 10.0. The minimum Gasteiger partial charge on any atom is -0.480 e. The van der Waals surface area contributed by atoms with Crippen LogP contribution < -0.4 is 0 Å². The first-order chi connectivity index (χ1) is 16.2. The average molecular weight is 512 g/mol. The van der Waals surface area contributed by atoms with Gasteiger partial charge in [0.1, 0.15) is 12.4 Å². The molecule has 1 aromatic heterocycles. The van der Waals surface area contributed by atoms with Crippen LogP contribution in [0, 0.1) is 5.82 Å². The minimum absolute atomic E-state index is 0.0993. The molecule has 2 heterocycles. The number of alkyl halides is 6. The summed E-state index contributed by atoms with van der Waals surface area (Å²) < 4.78 is 94.5. The number of amides is 1. The summed E-state index contributed by atoms with van der Waals surface area (Å²) >= 11 is 0. The molecule has 1 N–H and O–H groups in total. The minimum atomic E-state index is -5.80. The lowest BCUT2D eigenvalue weighted by Crippen LogP contribution is -2.52. The van der Waals surface area contributed by atoms with Gasteiger partial charge >= 0.3 is 24.4 Å². The standard InChI is InChI=1S/C20H19F7N4O4/c21-13-2-1-12(14(9-13)15-3-4-31(28-15)11-16(32)33)10-29-5-7-30(8-6-29)18(34)35-17(19(22,23)24)20(25,26)27/h1-4,9,17H,5-8,10-11H2,(H,32,33). The molecular weight excluding hydrogens is 493 g/mol. The van der Waals surface area contributed by atoms with E-state index in [0.29, 0.717) is 16.8 Å². The molecular formula is C20H19F7N4O4. The zero-order valence-electron chi connectivity index (χ0n) is 17.8. The van der Waals surface area contributed by atoms with Crippen LogP contribution in [0.1, 0.15) is 5.56 Å². The Hall–Kier alpha value is -3.36. The fourth-order valence-corrected chi connectivity index (χ4v) is 3.48. The quantitative estimate of drug-likeness (QED) is 0.597. The highest BCUT2D eigenvalue weighted by Crippen LogP contribution is 2.36. The molecule has 1 amide bonds. The highest BCUT2D eigenvalue weighted by molar-refractivity contribution is 5.68. The van der Waals surface area contributed by atoms with E-state index in [2.05, 4.69) is 9.84 Å². The number of carboxylic acid groups (broad SMARTS) is 1. The lowest BCUT2D eigenvalue weighted by molar-refractivity contribution is -0.308. The number of halogens is 7. The molecule has 1 aliphatic heterocycles.